The number of aryl methyl sites for hydroxylation is 2. The molecular formula is C20H33N3O2S. The molecule has 0 aromatic carbocycles. The second-order valence-electron chi connectivity index (χ2n) is 7.53. The van der Waals surface area contributed by atoms with Crippen LogP contribution in [0.25, 0.3) is 0 Å². The van der Waals surface area contributed by atoms with E-state index in [-0.39, 0.29) is 12.0 Å². The molecule has 2 aliphatic rings. The average Bonchev–Trinajstić information content (AvgIpc) is 3.25. The summed E-state index contributed by atoms with van der Waals surface area (Å²) in [4.78, 5) is 18.3. The van der Waals surface area contributed by atoms with E-state index in [9.17, 15) is 4.79 Å². The molecule has 1 fully saturated rings. The van der Waals surface area contributed by atoms with E-state index >= 15 is 0 Å². The molecule has 1 aliphatic heterocycles. The minimum absolute atomic E-state index is 0.00670. The van der Waals surface area contributed by atoms with Crippen LogP contribution in [0.3, 0.4) is 0 Å². The highest BCUT2D eigenvalue weighted by molar-refractivity contribution is 7.15. The summed E-state index contributed by atoms with van der Waals surface area (Å²) < 4.78 is 5.57. The first kappa shape index (κ1) is 19.8. The lowest BCUT2D eigenvalue weighted by Gasteiger charge is -2.10. The zero-order chi connectivity index (χ0) is 18.0. The Morgan fingerprint density at radius 2 is 1.77 bits per heavy atom. The van der Waals surface area contributed by atoms with Crippen LogP contribution < -0.4 is 10.6 Å². The third-order valence-corrected chi connectivity index (χ3v) is 6.35. The van der Waals surface area contributed by atoms with Gasteiger partial charge in [0.15, 0.2) is 5.13 Å². The van der Waals surface area contributed by atoms with Crippen molar-refractivity contribution in [1.29, 1.82) is 0 Å². The molecule has 2 N–H and O–H groups in total. The SMILES string of the molecule is O=C(CNCC1CCCO1)Nc1nc2c(s1)CCCCCCCCCC2. The number of aromatic nitrogens is 1. The number of nitrogens with zero attached hydrogens (tertiary/aromatic N) is 1. The Morgan fingerprint density at radius 3 is 2.50 bits per heavy atom. The zero-order valence-corrected chi connectivity index (χ0v) is 16.7. The molecular weight excluding hydrogens is 346 g/mol. The van der Waals surface area contributed by atoms with E-state index < -0.39 is 0 Å². The summed E-state index contributed by atoms with van der Waals surface area (Å²) in [7, 11) is 0. The van der Waals surface area contributed by atoms with Gasteiger partial charge in [0.2, 0.25) is 5.91 Å². The van der Waals surface area contributed by atoms with Crippen molar-refractivity contribution in [3.63, 3.8) is 0 Å². The smallest absolute Gasteiger partial charge is 0.240 e. The summed E-state index contributed by atoms with van der Waals surface area (Å²) in [5, 5.41) is 6.96. The highest BCUT2D eigenvalue weighted by Crippen LogP contribution is 2.27. The van der Waals surface area contributed by atoms with Crippen molar-refractivity contribution in [3.8, 4) is 0 Å². The fourth-order valence-corrected chi connectivity index (χ4v) is 4.85. The van der Waals surface area contributed by atoms with Crippen molar-refractivity contribution >= 4 is 22.4 Å². The molecule has 1 aromatic rings. The number of nitrogens with one attached hydrogen (secondary N) is 2. The van der Waals surface area contributed by atoms with Crippen LogP contribution in [0.5, 0.6) is 0 Å². The Kier molecular flexibility index (Phi) is 8.36. The summed E-state index contributed by atoms with van der Waals surface area (Å²) in [6.07, 6.45) is 15.2. The highest BCUT2D eigenvalue weighted by atomic mass is 32.1. The van der Waals surface area contributed by atoms with Crippen LogP contribution in [-0.2, 0) is 22.4 Å². The van der Waals surface area contributed by atoms with E-state index in [1.807, 2.05) is 0 Å². The van der Waals surface area contributed by atoms with Crippen LogP contribution in [0.2, 0.25) is 0 Å². The van der Waals surface area contributed by atoms with Gasteiger partial charge in [0.1, 0.15) is 0 Å². The van der Waals surface area contributed by atoms with Gasteiger partial charge in [-0.05, 0) is 38.5 Å². The number of fused-ring (bicyclic) bond motifs is 1. The van der Waals surface area contributed by atoms with Crippen molar-refractivity contribution in [2.24, 2.45) is 0 Å². The fourth-order valence-electron chi connectivity index (χ4n) is 3.78. The molecule has 6 heteroatoms. The minimum Gasteiger partial charge on any atom is -0.377 e. The molecule has 3 rings (SSSR count). The molecule has 26 heavy (non-hydrogen) atoms. The van der Waals surface area contributed by atoms with Crippen LogP contribution >= 0.6 is 11.3 Å². The maximum atomic E-state index is 12.2. The normalized spacial score (nSPS) is 22.2. The van der Waals surface area contributed by atoms with Gasteiger partial charge in [0.05, 0.1) is 18.3 Å². The van der Waals surface area contributed by atoms with Gasteiger partial charge in [-0.2, -0.15) is 0 Å². The van der Waals surface area contributed by atoms with E-state index in [4.69, 9.17) is 9.72 Å². The topological polar surface area (TPSA) is 63.2 Å². The van der Waals surface area contributed by atoms with E-state index in [1.165, 1.54) is 61.9 Å². The second-order valence-corrected chi connectivity index (χ2v) is 8.62. The number of ether oxygens (including phenoxy) is 1. The molecule has 0 spiro atoms. The van der Waals surface area contributed by atoms with Gasteiger partial charge >= 0.3 is 0 Å². The minimum atomic E-state index is -0.00670. The van der Waals surface area contributed by atoms with Crippen molar-refractivity contribution < 1.29 is 9.53 Å². The standard InChI is InChI=1S/C20H33N3O2S/c24-19(15-21-14-16-10-9-13-25-16)23-20-22-17-11-7-5-3-1-2-4-6-8-12-18(17)26-20/h16,21H,1-15H2,(H,22,23,24). The van der Waals surface area contributed by atoms with Gasteiger partial charge in [-0.25, -0.2) is 4.98 Å². The Hall–Kier alpha value is -0.980. The van der Waals surface area contributed by atoms with Crippen LogP contribution in [0.4, 0.5) is 5.13 Å². The molecule has 2 heterocycles. The summed E-state index contributed by atoms with van der Waals surface area (Å²) in [6, 6.07) is 0. The number of amides is 1. The largest absolute Gasteiger partial charge is 0.377 e. The Bertz CT molecular complexity index is 526. The van der Waals surface area contributed by atoms with Crippen LogP contribution in [-0.4, -0.2) is 36.7 Å². The van der Waals surface area contributed by atoms with Crippen LogP contribution in [0.1, 0.15) is 74.8 Å². The van der Waals surface area contributed by atoms with Gasteiger partial charge in [-0.15, -0.1) is 11.3 Å². The Labute approximate surface area is 161 Å². The molecule has 1 saturated heterocycles. The molecule has 5 nitrogen and oxygen atoms in total. The monoisotopic (exact) mass is 379 g/mol. The molecule has 146 valence electrons. The van der Waals surface area contributed by atoms with Crippen molar-refractivity contribution in [2.75, 3.05) is 25.0 Å². The Balaban J connectivity index is 1.47. The summed E-state index contributed by atoms with van der Waals surface area (Å²) >= 11 is 1.68. The lowest BCUT2D eigenvalue weighted by Crippen LogP contribution is -2.33. The maximum Gasteiger partial charge on any atom is 0.240 e. The number of hydrogen-bond acceptors (Lipinski definition) is 5. The number of rotatable bonds is 5. The first-order valence-electron chi connectivity index (χ1n) is 10.4. The third-order valence-electron chi connectivity index (χ3n) is 5.27. The number of thiazole rings is 1. The molecule has 1 aliphatic carbocycles. The predicted octanol–water partition coefficient (Wildman–Crippen LogP) is 4.07. The van der Waals surface area contributed by atoms with E-state index in [0.29, 0.717) is 6.54 Å². The summed E-state index contributed by atoms with van der Waals surface area (Å²) in [5.74, 6) is -0.00670. The highest BCUT2D eigenvalue weighted by Gasteiger charge is 2.16. The lowest BCUT2D eigenvalue weighted by molar-refractivity contribution is -0.115. The summed E-state index contributed by atoms with van der Waals surface area (Å²) in [6.45, 7) is 1.93. The van der Waals surface area contributed by atoms with Gasteiger partial charge in [-0.3, -0.25) is 4.79 Å². The van der Waals surface area contributed by atoms with Gasteiger partial charge in [0.25, 0.3) is 0 Å². The Morgan fingerprint density at radius 1 is 1.04 bits per heavy atom. The predicted molar refractivity (Wildman–Crippen MR) is 107 cm³/mol. The molecule has 1 atom stereocenters. The summed E-state index contributed by atoms with van der Waals surface area (Å²) in [5.41, 5.74) is 1.22. The molecule has 1 aromatic heterocycles. The molecule has 1 amide bonds. The van der Waals surface area contributed by atoms with Crippen molar-refractivity contribution in [2.45, 2.75) is 83.2 Å². The zero-order valence-electron chi connectivity index (χ0n) is 15.9. The number of carbonyl (C=O) groups excluding carboxylic acids is 1. The van der Waals surface area contributed by atoms with Crippen molar-refractivity contribution in [3.05, 3.63) is 10.6 Å². The average molecular weight is 380 g/mol. The molecule has 0 bridgehead atoms. The van der Waals surface area contributed by atoms with Crippen LogP contribution in [0, 0.1) is 0 Å². The van der Waals surface area contributed by atoms with Crippen LogP contribution in [0.15, 0.2) is 0 Å². The second kappa shape index (κ2) is 11.0. The molecule has 0 saturated carbocycles. The maximum absolute atomic E-state index is 12.2. The van der Waals surface area contributed by atoms with Gasteiger partial charge < -0.3 is 15.4 Å². The van der Waals surface area contributed by atoms with Gasteiger partial charge in [0, 0.05) is 18.0 Å². The number of hydrogen-bond donors (Lipinski definition) is 2. The fraction of sp³-hybridized carbons (Fsp3) is 0.800. The van der Waals surface area contributed by atoms with E-state index in [2.05, 4.69) is 10.6 Å². The van der Waals surface area contributed by atoms with E-state index in [1.54, 1.807) is 11.3 Å². The van der Waals surface area contributed by atoms with Gasteiger partial charge in [-0.1, -0.05) is 38.5 Å². The lowest BCUT2D eigenvalue weighted by atomic mass is 10.0. The van der Waals surface area contributed by atoms with Crippen molar-refractivity contribution in [1.82, 2.24) is 10.3 Å². The quantitative estimate of drug-likeness (QED) is 0.809. The number of anilines is 1. The first-order chi connectivity index (χ1) is 12.8. The number of carbonyl (C=O) groups is 1. The van der Waals surface area contributed by atoms with E-state index in [0.717, 1.165) is 44.0 Å². The molecule has 0 radical (unpaired) electrons. The molecule has 1 unspecified atom stereocenters. The first-order valence-corrected chi connectivity index (χ1v) is 11.2. The third kappa shape index (κ3) is 6.63.